The van der Waals surface area contributed by atoms with E-state index in [0.29, 0.717) is 36.8 Å². The highest BCUT2D eigenvalue weighted by molar-refractivity contribution is 5.80. The van der Waals surface area contributed by atoms with Gasteiger partial charge in [-0.2, -0.15) is 4.98 Å². The lowest BCUT2D eigenvalue weighted by atomic mass is 10.1. The van der Waals surface area contributed by atoms with Crippen LogP contribution in [0.2, 0.25) is 0 Å². The maximum atomic E-state index is 12.9. The molecule has 0 radical (unpaired) electrons. The first kappa shape index (κ1) is 18.6. The van der Waals surface area contributed by atoms with Crippen molar-refractivity contribution in [1.82, 2.24) is 25.0 Å². The number of hydrogen-bond acceptors (Lipinski definition) is 5. The van der Waals surface area contributed by atoms with Gasteiger partial charge in [0.15, 0.2) is 0 Å². The monoisotopic (exact) mass is 387 g/mol. The van der Waals surface area contributed by atoms with Crippen molar-refractivity contribution >= 4 is 5.91 Å². The molecule has 1 N–H and O–H groups in total. The van der Waals surface area contributed by atoms with E-state index in [1.54, 1.807) is 6.20 Å². The zero-order valence-corrected chi connectivity index (χ0v) is 15.8. The number of aromatic nitrogens is 4. The SMILES string of the molecule is O=C(NCCc1nc(-c2ccccn2)no1)C(Cc1ccccc1)n1cccc1. The van der Waals surface area contributed by atoms with Crippen LogP contribution in [0.1, 0.15) is 17.5 Å². The van der Waals surface area contributed by atoms with Crippen molar-refractivity contribution in [3.8, 4) is 11.5 Å². The molecule has 3 aromatic heterocycles. The van der Waals surface area contributed by atoms with Gasteiger partial charge in [0.25, 0.3) is 0 Å². The summed E-state index contributed by atoms with van der Waals surface area (Å²) in [6.45, 7) is 0.412. The first-order valence-electron chi connectivity index (χ1n) is 9.47. The summed E-state index contributed by atoms with van der Waals surface area (Å²) in [7, 11) is 0. The molecule has 7 nitrogen and oxygen atoms in total. The molecule has 0 saturated carbocycles. The van der Waals surface area contributed by atoms with E-state index in [2.05, 4.69) is 20.4 Å². The molecule has 1 unspecified atom stereocenters. The average Bonchev–Trinajstić information content (AvgIpc) is 3.46. The van der Waals surface area contributed by atoms with E-state index in [4.69, 9.17) is 4.52 Å². The highest BCUT2D eigenvalue weighted by Crippen LogP contribution is 2.16. The second kappa shape index (κ2) is 8.97. The molecule has 1 atom stereocenters. The Balaban J connectivity index is 1.36. The Bertz CT molecular complexity index is 1030. The van der Waals surface area contributed by atoms with Crippen molar-refractivity contribution in [2.75, 3.05) is 6.54 Å². The van der Waals surface area contributed by atoms with E-state index in [1.165, 1.54) is 0 Å². The van der Waals surface area contributed by atoms with Gasteiger partial charge in [0, 0.05) is 38.0 Å². The molecule has 0 bridgehead atoms. The number of benzene rings is 1. The summed E-state index contributed by atoms with van der Waals surface area (Å²) in [6.07, 6.45) is 6.56. The standard InChI is InChI=1S/C22H21N5O2/c28-22(19(27-14-6-7-15-27)16-17-8-2-1-3-9-17)24-13-11-20-25-21(26-29-20)18-10-4-5-12-23-18/h1-10,12,14-15,19H,11,13,16H2,(H,24,28). The number of carbonyl (C=O) groups is 1. The number of nitrogens with zero attached hydrogens (tertiary/aromatic N) is 4. The quantitative estimate of drug-likeness (QED) is 0.502. The molecule has 7 heteroatoms. The van der Waals surface area contributed by atoms with Gasteiger partial charge in [-0.1, -0.05) is 41.6 Å². The van der Waals surface area contributed by atoms with E-state index in [1.807, 2.05) is 77.6 Å². The van der Waals surface area contributed by atoms with E-state index in [0.717, 1.165) is 5.56 Å². The van der Waals surface area contributed by atoms with E-state index < -0.39 is 0 Å². The minimum atomic E-state index is -0.320. The fourth-order valence-electron chi connectivity index (χ4n) is 3.09. The molecular weight excluding hydrogens is 366 g/mol. The lowest BCUT2D eigenvalue weighted by Gasteiger charge is -2.18. The third-order valence-electron chi connectivity index (χ3n) is 4.56. The molecule has 0 aliphatic carbocycles. The van der Waals surface area contributed by atoms with Gasteiger partial charge < -0.3 is 14.4 Å². The maximum Gasteiger partial charge on any atom is 0.243 e. The number of hydrogen-bond donors (Lipinski definition) is 1. The third-order valence-corrected chi connectivity index (χ3v) is 4.56. The largest absolute Gasteiger partial charge is 0.354 e. The molecule has 4 aromatic rings. The molecule has 0 spiro atoms. The Hall–Kier alpha value is -3.74. The van der Waals surface area contributed by atoms with Crippen molar-refractivity contribution < 1.29 is 9.32 Å². The molecular formula is C22H21N5O2. The first-order chi connectivity index (χ1) is 14.3. The Kier molecular flexibility index (Phi) is 5.76. The molecule has 0 fully saturated rings. The minimum Gasteiger partial charge on any atom is -0.354 e. The second-order valence-electron chi connectivity index (χ2n) is 6.60. The van der Waals surface area contributed by atoms with Crippen molar-refractivity contribution in [3.63, 3.8) is 0 Å². The summed E-state index contributed by atoms with van der Waals surface area (Å²) in [5, 5.41) is 6.94. The second-order valence-corrected chi connectivity index (χ2v) is 6.60. The highest BCUT2D eigenvalue weighted by Gasteiger charge is 2.20. The molecule has 0 saturated heterocycles. The van der Waals surface area contributed by atoms with E-state index >= 15 is 0 Å². The van der Waals surface area contributed by atoms with Gasteiger partial charge in [0.1, 0.15) is 11.7 Å². The number of pyridine rings is 1. The Morgan fingerprint density at radius 2 is 1.83 bits per heavy atom. The Labute approximate surface area is 168 Å². The Morgan fingerprint density at radius 1 is 1.03 bits per heavy atom. The smallest absolute Gasteiger partial charge is 0.243 e. The van der Waals surface area contributed by atoms with Crippen LogP contribution in [-0.2, 0) is 17.6 Å². The maximum absolute atomic E-state index is 12.9. The van der Waals surface area contributed by atoms with Crippen LogP contribution in [0, 0.1) is 0 Å². The lowest BCUT2D eigenvalue weighted by Crippen LogP contribution is -2.34. The summed E-state index contributed by atoms with van der Waals surface area (Å²) < 4.78 is 7.20. The van der Waals surface area contributed by atoms with Gasteiger partial charge >= 0.3 is 0 Å². The molecule has 1 aromatic carbocycles. The zero-order chi connectivity index (χ0) is 19.9. The summed E-state index contributed by atoms with van der Waals surface area (Å²) in [5.41, 5.74) is 1.76. The van der Waals surface area contributed by atoms with Crippen molar-refractivity contribution in [2.24, 2.45) is 0 Å². The summed E-state index contributed by atoms with van der Waals surface area (Å²) >= 11 is 0. The molecule has 3 heterocycles. The van der Waals surface area contributed by atoms with Crippen LogP contribution >= 0.6 is 0 Å². The lowest BCUT2D eigenvalue weighted by molar-refractivity contribution is -0.124. The number of carbonyl (C=O) groups excluding carboxylic acids is 1. The van der Waals surface area contributed by atoms with Crippen LogP contribution in [-0.4, -0.2) is 32.1 Å². The summed E-state index contributed by atoms with van der Waals surface area (Å²) in [5.74, 6) is 0.863. The van der Waals surface area contributed by atoms with Crippen LogP contribution in [0.5, 0.6) is 0 Å². The fourth-order valence-corrected chi connectivity index (χ4v) is 3.09. The normalized spacial score (nSPS) is 11.9. The molecule has 1 amide bonds. The highest BCUT2D eigenvalue weighted by atomic mass is 16.5. The predicted molar refractivity (Wildman–Crippen MR) is 108 cm³/mol. The minimum absolute atomic E-state index is 0.0467. The molecule has 146 valence electrons. The van der Waals surface area contributed by atoms with Gasteiger partial charge in [0.2, 0.25) is 17.6 Å². The number of rotatable bonds is 8. The molecule has 29 heavy (non-hydrogen) atoms. The van der Waals surface area contributed by atoms with Crippen molar-refractivity contribution in [3.05, 3.63) is 90.7 Å². The van der Waals surface area contributed by atoms with Gasteiger partial charge in [-0.05, 0) is 29.8 Å². The van der Waals surface area contributed by atoms with Gasteiger partial charge in [-0.15, -0.1) is 0 Å². The average molecular weight is 387 g/mol. The Morgan fingerprint density at radius 3 is 2.59 bits per heavy atom. The number of amides is 1. The van der Waals surface area contributed by atoms with Crippen LogP contribution in [0.3, 0.4) is 0 Å². The zero-order valence-electron chi connectivity index (χ0n) is 15.8. The van der Waals surface area contributed by atoms with Crippen molar-refractivity contribution in [1.29, 1.82) is 0 Å². The topological polar surface area (TPSA) is 85.8 Å². The van der Waals surface area contributed by atoms with Crippen LogP contribution in [0.15, 0.2) is 83.8 Å². The molecule has 0 aliphatic rings. The van der Waals surface area contributed by atoms with Crippen LogP contribution in [0.25, 0.3) is 11.5 Å². The van der Waals surface area contributed by atoms with Gasteiger partial charge in [-0.25, -0.2) is 0 Å². The third kappa shape index (κ3) is 4.76. The van der Waals surface area contributed by atoms with Crippen LogP contribution < -0.4 is 5.32 Å². The van der Waals surface area contributed by atoms with E-state index in [-0.39, 0.29) is 11.9 Å². The number of nitrogens with one attached hydrogen (secondary N) is 1. The van der Waals surface area contributed by atoms with E-state index in [9.17, 15) is 4.79 Å². The summed E-state index contributed by atoms with van der Waals surface area (Å²) in [6, 6.07) is 19.0. The molecule has 0 aliphatic heterocycles. The predicted octanol–water partition coefficient (Wildman–Crippen LogP) is 3.08. The van der Waals surface area contributed by atoms with Gasteiger partial charge in [-0.3, -0.25) is 9.78 Å². The molecule has 4 rings (SSSR count). The fraction of sp³-hybridized carbons (Fsp3) is 0.182. The van der Waals surface area contributed by atoms with Crippen LogP contribution in [0.4, 0.5) is 0 Å². The first-order valence-corrected chi connectivity index (χ1v) is 9.47. The van der Waals surface area contributed by atoms with Gasteiger partial charge in [0.05, 0.1) is 0 Å². The summed E-state index contributed by atoms with van der Waals surface area (Å²) in [4.78, 5) is 21.4. The van der Waals surface area contributed by atoms with Crippen molar-refractivity contribution in [2.45, 2.75) is 18.9 Å².